The third-order valence-corrected chi connectivity index (χ3v) is 2.54. The molecule has 1 aromatic heterocycles. The first-order chi connectivity index (χ1) is 7.72. The van der Waals surface area contributed by atoms with Crippen LogP contribution in [0.4, 0.5) is 4.39 Å². The molecule has 0 fully saturated rings. The van der Waals surface area contributed by atoms with Gasteiger partial charge in [0, 0.05) is 16.8 Å². The summed E-state index contributed by atoms with van der Waals surface area (Å²) in [6, 6.07) is 6.54. The average molecular weight is 238 g/mol. The van der Waals surface area contributed by atoms with E-state index in [9.17, 15) is 9.50 Å². The lowest BCUT2D eigenvalue weighted by Gasteiger charge is -2.08. The molecule has 16 heavy (non-hydrogen) atoms. The minimum Gasteiger partial charge on any atom is -0.392 e. The lowest BCUT2D eigenvalue weighted by Crippen LogP contribution is -1.92. The van der Waals surface area contributed by atoms with Gasteiger partial charge in [0.1, 0.15) is 5.82 Å². The Morgan fingerprint density at radius 2 is 2.06 bits per heavy atom. The summed E-state index contributed by atoms with van der Waals surface area (Å²) in [6.45, 7) is -0.183. The molecule has 0 spiro atoms. The van der Waals surface area contributed by atoms with E-state index in [1.165, 1.54) is 6.20 Å². The number of aliphatic hydroxyl groups is 1. The molecule has 2 nitrogen and oxygen atoms in total. The van der Waals surface area contributed by atoms with E-state index in [1.807, 2.05) is 0 Å². The highest BCUT2D eigenvalue weighted by Crippen LogP contribution is 2.28. The van der Waals surface area contributed by atoms with Crippen LogP contribution in [-0.2, 0) is 6.61 Å². The van der Waals surface area contributed by atoms with Crippen molar-refractivity contribution in [3.8, 4) is 11.1 Å². The number of halogens is 2. The standard InChI is InChI=1S/C12H9ClFNO/c13-9-1-2-10(8(5-9)7-16)11-3-4-15-6-12(11)14/h1-6,16H,7H2. The number of aromatic nitrogens is 1. The Morgan fingerprint density at radius 1 is 1.25 bits per heavy atom. The van der Waals surface area contributed by atoms with Gasteiger partial charge in [-0.25, -0.2) is 4.39 Å². The van der Waals surface area contributed by atoms with E-state index >= 15 is 0 Å². The molecule has 0 saturated heterocycles. The van der Waals surface area contributed by atoms with Crippen LogP contribution >= 0.6 is 11.6 Å². The van der Waals surface area contributed by atoms with Gasteiger partial charge in [-0.2, -0.15) is 0 Å². The molecule has 0 saturated carbocycles. The first-order valence-corrected chi connectivity index (χ1v) is 5.09. The van der Waals surface area contributed by atoms with Crippen LogP contribution in [0.25, 0.3) is 11.1 Å². The molecule has 2 rings (SSSR count). The van der Waals surface area contributed by atoms with Gasteiger partial charge in [0.15, 0.2) is 0 Å². The Bertz CT molecular complexity index is 516. The molecule has 0 unspecified atom stereocenters. The van der Waals surface area contributed by atoms with Crippen molar-refractivity contribution in [3.05, 3.63) is 53.1 Å². The van der Waals surface area contributed by atoms with Gasteiger partial charge < -0.3 is 5.11 Å². The Hall–Kier alpha value is -1.45. The summed E-state index contributed by atoms with van der Waals surface area (Å²) in [5.41, 5.74) is 1.64. The van der Waals surface area contributed by atoms with Crippen molar-refractivity contribution in [1.29, 1.82) is 0 Å². The summed E-state index contributed by atoms with van der Waals surface area (Å²) in [6.07, 6.45) is 2.65. The molecule has 0 aliphatic rings. The third-order valence-electron chi connectivity index (χ3n) is 2.30. The molecule has 1 aromatic carbocycles. The van der Waals surface area contributed by atoms with Gasteiger partial charge in [-0.05, 0) is 29.3 Å². The van der Waals surface area contributed by atoms with Crippen LogP contribution in [0.3, 0.4) is 0 Å². The van der Waals surface area contributed by atoms with Crippen molar-refractivity contribution in [2.24, 2.45) is 0 Å². The lowest BCUT2D eigenvalue weighted by atomic mass is 10.0. The number of benzene rings is 1. The molecular weight excluding hydrogens is 229 g/mol. The summed E-state index contributed by atoms with van der Waals surface area (Å²) in [5, 5.41) is 9.71. The topological polar surface area (TPSA) is 33.1 Å². The summed E-state index contributed by atoms with van der Waals surface area (Å²) in [4.78, 5) is 3.68. The van der Waals surface area contributed by atoms with Crippen molar-refractivity contribution in [1.82, 2.24) is 4.98 Å². The van der Waals surface area contributed by atoms with Gasteiger partial charge in [0.25, 0.3) is 0 Å². The highest BCUT2D eigenvalue weighted by atomic mass is 35.5. The van der Waals surface area contributed by atoms with E-state index in [-0.39, 0.29) is 6.61 Å². The SMILES string of the molecule is OCc1cc(Cl)ccc1-c1ccncc1F. The maximum Gasteiger partial charge on any atom is 0.149 e. The minimum atomic E-state index is -0.417. The van der Waals surface area contributed by atoms with Gasteiger partial charge in [-0.3, -0.25) is 4.98 Å². The van der Waals surface area contributed by atoms with Crippen LogP contribution in [0.2, 0.25) is 5.02 Å². The zero-order chi connectivity index (χ0) is 11.5. The first kappa shape index (κ1) is 11.0. The van der Waals surface area contributed by atoms with Gasteiger partial charge >= 0.3 is 0 Å². The zero-order valence-corrected chi connectivity index (χ0v) is 9.08. The molecule has 0 bridgehead atoms. The van der Waals surface area contributed by atoms with Gasteiger partial charge in [0.2, 0.25) is 0 Å². The number of pyridine rings is 1. The normalized spacial score (nSPS) is 10.4. The Labute approximate surface area is 97.3 Å². The second-order valence-electron chi connectivity index (χ2n) is 3.32. The van der Waals surface area contributed by atoms with Crippen molar-refractivity contribution >= 4 is 11.6 Å². The van der Waals surface area contributed by atoms with E-state index in [0.29, 0.717) is 21.7 Å². The van der Waals surface area contributed by atoms with Crippen molar-refractivity contribution in [2.45, 2.75) is 6.61 Å². The van der Waals surface area contributed by atoms with Gasteiger partial charge in [0.05, 0.1) is 12.8 Å². The molecular formula is C12H9ClFNO. The zero-order valence-electron chi connectivity index (χ0n) is 8.32. The molecule has 0 amide bonds. The van der Waals surface area contributed by atoms with Crippen LogP contribution in [0.1, 0.15) is 5.56 Å². The summed E-state index contributed by atoms with van der Waals surface area (Å²) < 4.78 is 13.5. The minimum absolute atomic E-state index is 0.183. The Morgan fingerprint density at radius 3 is 2.75 bits per heavy atom. The number of hydrogen-bond acceptors (Lipinski definition) is 2. The van der Waals surface area contributed by atoms with E-state index in [1.54, 1.807) is 24.3 Å². The molecule has 0 aliphatic heterocycles. The maximum absolute atomic E-state index is 13.5. The first-order valence-electron chi connectivity index (χ1n) is 4.71. The number of hydrogen-bond donors (Lipinski definition) is 1. The van der Waals surface area contributed by atoms with Crippen LogP contribution in [0.5, 0.6) is 0 Å². The van der Waals surface area contributed by atoms with E-state index in [2.05, 4.69) is 4.98 Å². The maximum atomic E-state index is 13.5. The monoisotopic (exact) mass is 237 g/mol. The van der Waals surface area contributed by atoms with Crippen LogP contribution in [0.15, 0.2) is 36.7 Å². The second-order valence-corrected chi connectivity index (χ2v) is 3.75. The van der Waals surface area contributed by atoms with E-state index < -0.39 is 5.82 Å². The quantitative estimate of drug-likeness (QED) is 0.871. The predicted molar refractivity (Wildman–Crippen MR) is 60.6 cm³/mol. The van der Waals surface area contributed by atoms with Crippen LogP contribution < -0.4 is 0 Å². The molecule has 1 heterocycles. The smallest absolute Gasteiger partial charge is 0.149 e. The molecule has 0 aliphatic carbocycles. The highest BCUT2D eigenvalue weighted by molar-refractivity contribution is 6.30. The fourth-order valence-electron chi connectivity index (χ4n) is 1.55. The van der Waals surface area contributed by atoms with E-state index in [0.717, 1.165) is 6.20 Å². The van der Waals surface area contributed by atoms with Crippen molar-refractivity contribution in [2.75, 3.05) is 0 Å². The largest absolute Gasteiger partial charge is 0.392 e. The Balaban J connectivity index is 2.60. The number of rotatable bonds is 2. The molecule has 4 heteroatoms. The molecule has 2 aromatic rings. The van der Waals surface area contributed by atoms with Gasteiger partial charge in [-0.1, -0.05) is 17.7 Å². The summed E-state index contributed by atoms with van der Waals surface area (Å²) in [5.74, 6) is -0.417. The molecule has 0 radical (unpaired) electrons. The summed E-state index contributed by atoms with van der Waals surface area (Å²) in [7, 11) is 0. The lowest BCUT2D eigenvalue weighted by molar-refractivity contribution is 0.282. The molecule has 0 atom stereocenters. The Kier molecular flexibility index (Phi) is 3.17. The molecule has 1 N–H and O–H groups in total. The molecule has 82 valence electrons. The second kappa shape index (κ2) is 4.60. The fraction of sp³-hybridized carbons (Fsp3) is 0.0833. The summed E-state index contributed by atoms with van der Waals surface area (Å²) >= 11 is 5.81. The van der Waals surface area contributed by atoms with Crippen LogP contribution in [0, 0.1) is 5.82 Å². The average Bonchev–Trinajstić information content (AvgIpc) is 2.30. The van der Waals surface area contributed by atoms with Gasteiger partial charge in [-0.15, -0.1) is 0 Å². The fourth-order valence-corrected chi connectivity index (χ4v) is 1.74. The highest BCUT2D eigenvalue weighted by Gasteiger charge is 2.09. The number of nitrogens with zero attached hydrogens (tertiary/aromatic N) is 1. The third kappa shape index (κ3) is 2.05. The van der Waals surface area contributed by atoms with Crippen LogP contribution in [-0.4, -0.2) is 10.1 Å². The predicted octanol–water partition coefficient (Wildman–Crippen LogP) is 3.03. The van der Waals surface area contributed by atoms with Crippen molar-refractivity contribution < 1.29 is 9.50 Å². The number of aliphatic hydroxyl groups excluding tert-OH is 1. The van der Waals surface area contributed by atoms with Crippen molar-refractivity contribution in [3.63, 3.8) is 0 Å². The van der Waals surface area contributed by atoms with E-state index in [4.69, 9.17) is 11.6 Å².